The van der Waals surface area contributed by atoms with Gasteiger partial charge in [0.2, 0.25) is 11.9 Å². The molecule has 0 radical (unpaired) electrons. The summed E-state index contributed by atoms with van der Waals surface area (Å²) in [6.45, 7) is 0. The molecule has 0 spiro atoms. The van der Waals surface area contributed by atoms with Gasteiger partial charge < -0.3 is 10.6 Å². The lowest BCUT2D eigenvalue weighted by molar-refractivity contribution is 0.446. The highest BCUT2D eigenvalue weighted by atomic mass is 19.2. The summed E-state index contributed by atoms with van der Waals surface area (Å²) in [5, 5.41) is 3.94. The summed E-state index contributed by atoms with van der Waals surface area (Å²) in [6, 6.07) is 1.59. The van der Waals surface area contributed by atoms with E-state index in [4.69, 9.17) is 5.73 Å². The van der Waals surface area contributed by atoms with Gasteiger partial charge in [-0.2, -0.15) is 9.67 Å². The molecule has 0 saturated heterocycles. The van der Waals surface area contributed by atoms with Crippen molar-refractivity contribution in [2.75, 3.05) is 24.7 Å². The van der Waals surface area contributed by atoms with E-state index in [1.165, 1.54) is 0 Å². The minimum atomic E-state index is -1.54. The maximum atomic E-state index is 13.1. The molecule has 0 amide bonds. The van der Waals surface area contributed by atoms with E-state index in [2.05, 4.69) is 10.1 Å². The second-order valence-corrected chi connectivity index (χ2v) is 3.80. The van der Waals surface area contributed by atoms with Gasteiger partial charge in [-0.3, -0.25) is 0 Å². The highest BCUT2D eigenvalue weighted by molar-refractivity contribution is 5.43. The monoisotopic (exact) mass is 257 g/mol. The van der Waals surface area contributed by atoms with Crippen LogP contribution < -0.4 is 10.6 Å². The van der Waals surface area contributed by atoms with E-state index in [0.717, 1.165) is 16.8 Å². The molecular weight excluding hydrogens is 247 g/mol. The van der Waals surface area contributed by atoms with Crippen molar-refractivity contribution in [2.45, 2.75) is 0 Å². The van der Waals surface area contributed by atoms with Gasteiger partial charge in [0.15, 0.2) is 17.5 Å². The Kier molecular flexibility index (Phi) is 2.85. The van der Waals surface area contributed by atoms with Gasteiger partial charge in [0.1, 0.15) is 0 Å². The number of halogens is 3. The summed E-state index contributed by atoms with van der Waals surface area (Å²) in [5.41, 5.74) is 5.54. The molecule has 2 aromatic rings. The molecule has 0 fully saturated rings. The summed E-state index contributed by atoms with van der Waals surface area (Å²) in [4.78, 5) is 5.46. The number of nitrogens with zero attached hydrogens (tertiary/aromatic N) is 4. The average molecular weight is 257 g/mol. The van der Waals surface area contributed by atoms with Crippen LogP contribution in [-0.4, -0.2) is 28.9 Å². The Bertz CT molecular complexity index is 570. The topological polar surface area (TPSA) is 60.0 Å². The zero-order valence-electron chi connectivity index (χ0n) is 9.65. The molecule has 0 aliphatic heterocycles. The SMILES string of the molecule is CN(C)c1nc(N)n(-c2cc(F)c(F)c(F)c2)n1. The van der Waals surface area contributed by atoms with Crippen LogP contribution in [0.15, 0.2) is 12.1 Å². The van der Waals surface area contributed by atoms with Crippen LogP contribution in [0.2, 0.25) is 0 Å². The lowest BCUT2D eigenvalue weighted by Gasteiger charge is -2.05. The first kappa shape index (κ1) is 12.2. The van der Waals surface area contributed by atoms with E-state index < -0.39 is 17.5 Å². The van der Waals surface area contributed by atoms with Crippen molar-refractivity contribution in [2.24, 2.45) is 0 Å². The molecule has 0 bridgehead atoms. The van der Waals surface area contributed by atoms with Crippen LogP contribution in [-0.2, 0) is 0 Å². The summed E-state index contributed by atoms with van der Waals surface area (Å²) >= 11 is 0. The van der Waals surface area contributed by atoms with Gasteiger partial charge in [-0.15, -0.1) is 5.10 Å². The Hall–Kier alpha value is -2.25. The van der Waals surface area contributed by atoms with E-state index in [1.807, 2.05) is 0 Å². The van der Waals surface area contributed by atoms with Crippen LogP contribution in [0.25, 0.3) is 5.69 Å². The first-order chi connectivity index (χ1) is 8.40. The smallest absolute Gasteiger partial charge is 0.246 e. The predicted molar refractivity (Wildman–Crippen MR) is 60.0 cm³/mol. The van der Waals surface area contributed by atoms with E-state index in [-0.39, 0.29) is 17.6 Å². The van der Waals surface area contributed by atoms with Crippen LogP contribution in [0.5, 0.6) is 0 Å². The zero-order valence-corrected chi connectivity index (χ0v) is 9.65. The normalized spacial score (nSPS) is 10.7. The first-order valence-corrected chi connectivity index (χ1v) is 4.95. The molecule has 2 N–H and O–H groups in total. The van der Waals surface area contributed by atoms with Crippen molar-refractivity contribution in [3.05, 3.63) is 29.6 Å². The molecule has 1 aromatic heterocycles. The Balaban J connectivity index is 2.55. The van der Waals surface area contributed by atoms with Gasteiger partial charge in [0.05, 0.1) is 5.69 Å². The lowest BCUT2D eigenvalue weighted by Crippen LogP contribution is -2.11. The minimum absolute atomic E-state index is 0.0375. The standard InChI is InChI=1S/C10H10F3N5/c1-17(2)10-15-9(14)18(16-10)5-3-6(11)8(13)7(12)4-5/h3-4H,1-2H3,(H2,14,15,16). The molecule has 0 atom stereocenters. The van der Waals surface area contributed by atoms with Gasteiger partial charge in [0.25, 0.3) is 0 Å². The number of hydrogen-bond acceptors (Lipinski definition) is 4. The van der Waals surface area contributed by atoms with Crippen molar-refractivity contribution < 1.29 is 13.2 Å². The van der Waals surface area contributed by atoms with Crippen LogP contribution in [0.4, 0.5) is 25.1 Å². The summed E-state index contributed by atoms with van der Waals surface area (Å²) in [6.07, 6.45) is 0. The number of anilines is 2. The molecule has 0 saturated carbocycles. The molecular formula is C10H10F3N5. The molecule has 8 heteroatoms. The zero-order chi connectivity index (χ0) is 13.4. The van der Waals surface area contributed by atoms with Crippen molar-refractivity contribution in [3.63, 3.8) is 0 Å². The third kappa shape index (κ3) is 1.96. The number of nitrogen functional groups attached to an aromatic ring is 1. The third-order valence-electron chi connectivity index (χ3n) is 2.23. The second-order valence-electron chi connectivity index (χ2n) is 3.80. The fourth-order valence-corrected chi connectivity index (χ4v) is 1.36. The fourth-order valence-electron chi connectivity index (χ4n) is 1.36. The maximum Gasteiger partial charge on any atom is 0.246 e. The number of benzene rings is 1. The first-order valence-electron chi connectivity index (χ1n) is 4.95. The number of rotatable bonds is 2. The number of hydrogen-bond donors (Lipinski definition) is 1. The molecule has 18 heavy (non-hydrogen) atoms. The molecule has 1 heterocycles. The lowest BCUT2D eigenvalue weighted by atomic mass is 10.3. The molecule has 1 aromatic carbocycles. The Labute approximate surface area is 101 Å². The summed E-state index contributed by atoms with van der Waals surface area (Å²) < 4.78 is 40.0. The van der Waals surface area contributed by atoms with Crippen LogP contribution >= 0.6 is 0 Å². The van der Waals surface area contributed by atoms with Gasteiger partial charge >= 0.3 is 0 Å². The van der Waals surface area contributed by atoms with Crippen LogP contribution in [0.3, 0.4) is 0 Å². The molecule has 96 valence electrons. The van der Waals surface area contributed by atoms with Gasteiger partial charge in [-0.05, 0) is 0 Å². The molecule has 5 nitrogen and oxygen atoms in total. The molecule has 2 rings (SSSR count). The summed E-state index contributed by atoms with van der Waals surface area (Å²) in [5.74, 6) is -3.94. The van der Waals surface area contributed by atoms with E-state index >= 15 is 0 Å². The van der Waals surface area contributed by atoms with Gasteiger partial charge in [-0.25, -0.2) is 13.2 Å². The summed E-state index contributed by atoms with van der Waals surface area (Å²) in [7, 11) is 3.37. The minimum Gasteiger partial charge on any atom is -0.368 e. The van der Waals surface area contributed by atoms with Crippen molar-refractivity contribution in [3.8, 4) is 5.69 Å². The molecule has 0 unspecified atom stereocenters. The van der Waals surface area contributed by atoms with Crippen molar-refractivity contribution >= 4 is 11.9 Å². The highest BCUT2D eigenvalue weighted by Crippen LogP contribution is 2.19. The molecule has 0 aliphatic carbocycles. The van der Waals surface area contributed by atoms with E-state index in [9.17, 15) is 13.2 Å². The average Bonchev–Trinajstić information content (AvgIpc) is 2.68. The van der Waals surface area contributed by atoms with Crippen LogP contribution in [0.1, 0.15) is 0 Å². The molecule has 0 aliphatic rings. The van der Waals surface area contributed by atoms with Crippen molar-refractivity contribution in [1.29, 1.82) is 0 Å². The van der Waals surface area contributed by atoms with Gasteiger partial charge in [-0.1, -0.05) is 0 Å². The Morgan fingerprint density at radius 2 is 1.72 bits per heavy atom. The number of aromatic nitrogens is 3. The second kappa shape index (κ2) is 4.21. The van der Waals surface area contributed by atoms with Gasteiger partial charge in [0, 0.05) is 26.2 Å². The largest absolute Gasteiger partial charge is 0.368 e. The Morgan fingerprint density at radius 1 is 1.17 bits per heavy atom. The van der Waals surface area contributed by atoms with Crippen LogP contribution in [0, 0.1) is 17.5 Å². The quantitative estimate of drug-likeness (QED) is 0.824. The Morgan fingerprint density at radius 3 is 2.17 bits per heavy atom. The maximum absolute atomic E-state index is 13.1. The predicted octanol–water partition coefficient (Wildman–Crippen LogP) is 1.33. The highest BCUT2D eigenvalue weighted by Gasteiger charge is 2.15. The number of nitrogens with two attached hydrogens (primary N) is 1. The van der Waals surface area contributed by atoms with E-state index in [0.29, 0.717) is 0 Å². The van der Waals surface area contributed by atoms with E-state index in [1.54, 1.807) is 19.0 Å². The fraction of sp³-hybridized carbons (Fsp3) is 0.200. The third-order valence-corrected chi connectivity index (χ3v) is 2.23. The van der Waals surface area contributed by atoms with Crippen molar-refractivity contribution in [1.82, 2.24) is 14.8 Å².